The monoisotopic (exact) mass is 564 g/mol. The summed E-state index contributed by atoms with van der Waals surface area (Å²) in [5, 5.41) is 31.4. The highest BCUT2D eigenvalue weighted by Crippen LogP contribution is 2.37. The zero-order valence-electron chi connectivity index (χ0n) is 27.0. The zero-order chi connectivity index (χ0) is 30.9. The van der Waals surface area contributed by atoms with E-state index in [1.807, 2.05) is 41.5 Å². The zero-order valence-corrected chi connectivity index (χ0v) is 27.0. The van der Waals surface area contributed by atoms with Crippen molar-refractivity contribution in [1.29, 1.82) is 0 Å². The predicted octanol–water partition coefficient (Wildman–Crippen LogP) is 9.11. The molecule has 0 saturated carbocycles. The Morgan fingerprint density at radius 1 is 0.357 bits per heavy atom. The molecule has 0 heterocycles. The van der Waals surface area contributed by atoms with E-state index in [4.69, 9.17) is 0 Å². The molecule has 0 bridgehead atoms. The van der Waals surface area contributed by atoms with Gasteiger partial charge in [0.1, 0.15) is 17.2 Å². The highest BCUT2D eigenvalue weighted by molar-refractivity contribution is 5.58. The molecule has 0 aliphatic carbocycles. The average Bonchev–Trinajstić information content (AvgIpc) is 2.93. The van der Waals surface area contributed by atoms with Crippen molar-refractivity contribution < 1.29 is 15.3 Å². The quantitative estimate of drug-likeness (QED) is 0.190. The predicted molar refractivity (Wildman–Crippen MR) is 176 cm³/mol. The second-order valence-corrected chi connectivity index (χ2v) is 12.2. The summed E-state index contributed by atoms with van der Waals surface area (Å²) in [5.74, 6) is 1.14. The lowest BCUT2D eigenvalue weighted by molar-refractivity contribution is 0.466. The van der Waals surface area contributed by atoms with Crippen LogP contribution in [0.3, 0.4) is 0 Å². The summed E-state index contributed by atoms with van der Waals surface area (Å²) in [4.78, 5) is 0. The topological polar surface area (TPSA) is 60.7 Å². The van der Waals surface area contributed by atoms with Crippen molar-refractivity contribution in [2.24, 2.45) is 0 Å². The van der Waals surface area contributed by atoms with Gasteiger partial charge in [0.25, 0.3) is 0 Å². The van der Waals surface area contributed by atoms with Gasteiger partial charge in [-0.15, -0.1) is 0 Å². The summed E-state index contributed by atoms with van der Waals surface area (Å²) < 4.78 is 0. The third kappa shape index (κ3) is 6.07. The Kier molecular flexibility index (Phi) is 9.40. The normalized spacial score (nSPS) is 11.4. The Hall–Kier alpha value is -3.72. The van der Waals surface area contributed by atoms with E-state index < -0.39 is 0 Å². The minimum absolute atomic E-state index is 0.379. The van der Waals surface area contributed by atoms with Crippen molar-refractivity contribution in [3.8, 4) is 17.2 Å². The maximum atomic E-state index is 10.5. The van der Waals surface area contributed by atoms with Crippen LogP contribution in [0.1, 0.15) is 104 Å². The first-order chi connectivity index (χ1) is 19.9. The molecule has 0 aliphatic rings. The van der Waals surface area contributed by atoms with Crippen LogP contribution in [0.4, 0.5) is 0 Å². The third-order valence-electron chi connectivity index (χ3n) is 9.04. The van der Waals surface area contributed by atoms with Gasteiger partial charge in [-0.1, -0.05) is 57.2 Å². The van der Waals surface area contributed by atoms with Crippen molar-refractivity contribution >= 4 is 0 Å². The molecule has 0 radical (unpaired) electrons. The minimum Gasteiger partial charge on any atom is -0.507 e. The molecule has 222 valence electrons. The van der Waals surface area contributed by atoms with Crippen LogP contribution in [0.2, 0.25) is 0 Å². The summed E-state index contributed by atoms with van der Waals surface area (Å²) in [6.45, 7) is 18.7. The van der Waals surface area contributed by atoms with Gasteiger partial charge in [0, 0.05) is 0 Å². The maximum Gasteiger partial charge on any atom is 0.121 e. The summed E-state index contributed by atoms with van der Waals surface area (Å²) in [6, 6.07) is 12.8. The van der Waals surface area contributed by atoms with E-state index in [9.17, 15) is 15.3 Å². The molecule has 3 heteroatoms. The lowest BCUT2D eigenvalue weighted by Gasteiger charge is -2.27. The fraction of sp³-hybridized carbons (Fsp3) is 0.385. The standard InChI is InChI=1S/C39H48O3/c1-10-31-34(19-28-13-22(4)37(40)23(5)14-28)32(11-2)36(21-30-17-26(8)39(42)27(9)18-30)33(12-3)35(31)20-29-15-24(6)38(41)25(7)16-29/h13-18,40-42H,10-12,19-21H2,1-9H3. The van der Waals surface area contributed by atoms with Crippen LogP contribution in [0.15, 0.2) is 36.4 Å². The van der Waals surface area contributed by atoms with Gasteiger partial charge in [-0.05, 0) is 164 Å². The van der Waals surface area contributed by atoms with Crippen LogP contribution in [0, 0.1) is 41.5 Å². The number of benzene rings is 4. The van der Waals surface area contributed by atoms with Crippen LogP contribution in [0.5, 0.6) is 17.2 Å². The molecular formula is C39H48O3. The van der Waals surface area contributed by atoms with Gasteiger partial charge in [-0.25, -0.2) is 0 Å². The van der Waals surface area contributed by atoms with Gasteiger partial charge >= 0.3 is 0 Å². The van der Waals surface area contributed by atoms with E-state index in [0.29, 0.717) is 17.2 Å². The van der Waals surface area contributed by atoms with Crippen molar-refractivity contribution in [1.82, 2.24) is 0 Å². The molecule has 0 unspecified atom stereocenters. The van der Waals surface area contributed by atoms with Crippen LogP contribution in [0.25, 0.3) is 0 Å². The number of aromatic hydroxyl groups is 3. The molecule has 0 spiro atoms. The minimum atomic E-state index is 0.379. The molecule has 4 rings (SSSR count). The molecule has 3 N–H and O–H groups in total. The van der Waals surface area contributed by atoms with Gasteiger partial charge in [0.05, 0.1) is 0 Å². The number of hydrogen-bond acceptors (Lipinski definition) is 3. The van der Waals surface area contributed by atoms with Crippen LogP contribution in [-0.4, -0.2) is 15.3 Å². The van der Waals surface area contributed by atoms with Crippen LogP contribution < -0.4 is 0 Å². The number of phenols is 3. The van der Waals surface area contributed by atoms with E-state index in [1.54, 1.807) is 0 Å². The van der Waals surface area contributed by atoms with Gasteiger partial charge in [-0.2, -0.15) is 0 Å². The van der Waals surface area contributed by atoms with Gasteiger partial charge in [-0.3, -0.25) is 0 Å². The van der Waals surface area contributed by atoms with Crippen LogP contribution in [-0.2, 0) is 38.5 Å². The Morgan fingerprint density at radius 2 is 0.548 bits per heavy atom. The van der Waals surface area contributed by atoms with Crippen molar-refractivity contribution in [2.75, 3.05) is 0 Å². The lowest BCUT2D eigenvalue weighted by atomic mass is 9.77. The second-order valence-electron chi connectivity index (χ2n) is 12.2. The first kappa shape index (κ1) is 31.2. The van der Waals surface area contributed by atoms with Crippen LogP contribution >= 0.6 is 0 Å². The number of phenolic OH excluding ortho intramolecular Hbond substituents is 3. The molecule has 0 amide bonds. The SMILES string of the molecule is CCc1c(Cc2cc(C)c(O)c(C)c2)c(CC)c(Cc2cc(C)c(O)c(C)c2)c(CC)c1Cc1cc(C)c(O)c(C)c1. The highest BCUT2D eigenvalue weighted by Gasteiger charge is 2.23. The summed E-state index contributed by atoms with van der Waals surface area (Å²) in [6.07, 6.45) is 5.27. The van der Waals surface area contributed by atoms with E-state index >= 15 is 0 Å². The summed E-state index contributed by atoms with van der Waals surface area (Å²) in [5.41, 5.74) is 17.7. The molecule has 0 atom stereocenters. The van der Waals surface area contributed by atoms with Gasteiger partial charge < -0.3 is 15.3 Å². The van der Waals surface area contributed by atoms with Gasteiger partial charge in [0.2, 0.25) is 0 Å². The molecule has 0 aromatic heterocycles. The Bertz CT molecular complexity index is 1360. The molecule has 0 aliphatic heterocycles. The van der Waals surface area contributed by atoms with E-state index in [1.165, 1.54) is 50.1 Å². The fourth-order valence-corrected chi connectivity index (χ4v) is 7.07. The van der Waals surface area contributed by atoms with E-state index in [2.05, 4.69) is 57.2 Å². The van der Waals surface area contributed by atoms with Gasteiger partial charge in [0.15, 0.2) is 0 Å². The maximum absolute atomic E-state index is 10.5. The molecule has 0 fully saturated rings. The van der Waals surface area contributed by atoms with E-state index in [0.717, 1.165) is 71.9 Å². The Labute approximate surface area is 252 Å². The Balaban J connectivity index is 2.01. The molecular weight excluding hydrogens is 516 g/mol. The lowest BCUT2D eigenvalue weighted by Crippen LogP contribution is -2.15. The number of hydrogen-bond donors (Lipinski definition) is 3. The van der Waals surface area contributed by atoms with E-state index in [-0.39, 0.29) is 0 Å². The van der Waals surface area contributed by atoms with Crippen molar-refractivity contribution in [3.05, 3.63) is 120 Å². The first-order valence-corrected chi connectivity index (χ1v) is 15.4. The molecule has 3 nitrogen and oxygen atoms in total. The first-order valence-electron chi connectivity index (χ1n) is 15.4. The molecule has 42 heavy (non-hydrogen) atoms. The summed E-state index contributed by atoms with van der Waals surface area (Å²) >= 11 is 0. The molecule has 4 aromatic rings. The number of aryl methyl sites for hydroxylation is 6. The average molecular weight is 565 g/mol. The smallest absolute Gasteiger partial charge is 0.121 e. The highest BCUT2D eigenvalue weighted by atomic mass is 16.3. The summed E-state index contributed by atoms with van der Waals surface area (Å²) in [7, 11) is 0. The second kappa shape index (κ2) is 12.7. The largest absolute Gasteiger partial charge is 0.507 e. The molecule has 4 aromatic carbocycles. The van der Waals surface area contributed by atoms with Crippen molar-refractivity contribution in [3.63, 3.8) is 0 Å². The van der Waals surface area contributed by atoms with Crippen molar-refractivity contribution in [2.45, 2.75) is 101 Å². The third-order valence-corrected chi connectivity index (χ3v) is 9.04. The Morgan fingerprint density at radius 3 is 0.714 bits per heavy atom. The fourth-order valence-electron chi connectivity index (χ4n) is 7.07. The molecule has 0 saturated heterocycles. The number of rotatable bonds is 9.